The van der Waals surface area contributed by atoms with Crippen molar-refractivity contribution in [3.8, 4) is 6.07 Å². The van der Waals surface area contributed by atoms with Crippen molar-refractivity contribution in [2.24, 2.45) is 0 Å². The number of carbonyl (C=O) groups excluding carboxylic acids is 1. The van der Waals surface area contributed by atoms with Gasteiger partial charge in [0.1, 0.15) is 0 Å². The molecule has 0 aliphatic heterocycles. The van der Waals surface area contributed by atoms with Crippen LogP contribution in [0.15, 0.2) is 54.7 Å². The maximum Gasteiger partial charge on any atom is 0.255 e. The molecule has 0 aliphatic rings. The largest absolute Gasteiger partial charge is 0.361 e. The molecule has 1 amide bonds. The Balaban J connectivity index is 1.84. The van der Waals surface area contributed by atoms with Gasteiger partial charge in [-0.15, -0.1) is 0 Å². The minimum Gasteiger partial charge on any atom is -0.361 e. The lowest BCUT2D eigenvalue weighted by atomic mass is 9.92. The quantitative estimate of drug-likeness (QED) is 0.393. The third-order valence-corrected chi connectivity index (χ3v) is 5.13. The van der Waals surface area contributed by atoms with Crippen molar-refractivity contribution in [1.82, 2.24) is 4.98 Å². The maximum atomic E-state index is 13.0. The van der Waals surface area contributed by atoms with Crippen LogP contribution in [0.4, 0.5) is 11.4 Å². The summed E-state index contributed by atoms with van der Waals surface area (Å²) in [6.07, 6.45) is 4.99. The molecule has 0 radical (unpaired) electrons. The van der Waals surface area contributed by atoms with Gasteiger partial charge in [0.25, 0.3) is 5.91 Å². The van der Waals surface area contributed by atoms with E-state index in [1.807, 2.05) is 45.9 Å². The van der Waals surface area contributed by atoms with Crippen molar-refractivity contribution in [1.29, 1.82) is 10.7 Å². The van der Waals surface area contributed by atoms with E-state index in [4.69, 9.17) is 5.41 Å². The molecule has 0 aliphatic carbocycles. The molecule has 1 aromatic heterocycles. The second-order valence-electron chi connectivity index (χ2n) is 8.09. The van der Waals surface area contributed by atoms with Crippen molar-refractivity contribution < 1.29 is 4.79 Å². The van der Waals surface area contributed by atoms with Gasteiger partial charge in [-0.3, -0.25) is 9.78 Å². The number of anilines is 2. The Hall–Kier alpha value is -4.24. The van der Waals surface area contributed by atoms with Crippen LogP contribution in [-0.2, 0) is 0 Å². The Bertz CT molecular complexity index is 1250. The zero-order valence-corrected chi connectivity index (χ0v) is 19.2. The molecular formula is C27H27N5O. The summed E-state index contributed by atoms with van der Waals surface area (Å²) in [4.78, 5) is 17.4. The molecule has 0 saturated carbocycles. The minimum atomic E-state index is -0.275. The second kappa shape index (κ2) is 10.4. The molecule has 166 valence electrons. The van der Waals surface area contributed by atoms with Crippen LogP contribution in [0, 0.1) is 30.6 Å². The molecule has 3 rings (SSSR count). The average molecular weight is 438 g/mol. The van der Waals surface area contributed by atoms with Gasteiger partial charge in [0.05, 0.1) is 11.6 Å². The summed E-state index contributed by atoms with van der Waals surface area (Å²) in [7, 11) is 0. The number of hydrogen-bond donors (Lipinski definition) is 3. The van der Waals surface area contributed by atoms with Gasteiger partial charge in [-0.1, -0.05) is 19.9 Å². The summed E-state index contributed by atoms with van der Waals surface area (Å²) >= 11 is 0. The summed E-state index contributed by atoms with van der Waals surface area (Å²) in [5.74, 6) is -0.243. The number of hydrogen-bond acceptors (Lipinski definition) is 5. The van der Waals surface area contributed by atoms with Crippen molar-refractivity contribution in [3.05, 3.63) is 93.9 Å². The normalized spacial score (nSPS) is 10.8. The first-order chi connectivity index (χ1) is 15.8. The van der Waals surface area contributed by atoms with E-state index in [1.165, 1.54) is 6.21 Å². The Morgan fingerprint density at radius 3 is 2.48 bits per heavy atom. The number of nitrogens with one attached hydrogen (secondary N) is 3. The lowest BCUT2D eigenvalue weighted by molar-refractivity contribution is 0.102. The lowest BCUT2D eigenvalue weighted by Crippen LogP contribution is -2.16. The second-order valence-corrected chi connectivity index (χ2v) is 8.09. The van der Waals surface area contributed by atoms with Crippen molar-refractivity contribution in [3.63, 3.8) is 0 Å². The minimum absolute atomic E-state index is 0.0321. The van der Waals surface area contributed by atoms with Crippen molar-refractivity contribution >= 4 is 29.6 Å². The summed E-state index contributed by atoms with van der Waals surface area (Å²) in [6, 6.07) is 16.6. The zero-order valence-electron chi connectivity index (χ0n) is 19.2. The molecule has 0 unspecified atom stereocenters. The van der Waals surface area contributed by atoms with E-state index >= 15 is 0 Å². The molecule has 1 heterocycles. The van der Waals surface area contributed by atoms with Crippen molar-refractivity contribution in [2.45, 2.75) is 33.6 Å². The van der Waals surface area contributed by atoms with E-state index in [0.29, 0.717) is 28.1 Å². The number of rotatable bonds is 7. The zero-order chi connectivity index (χ0) is 24.0. The van der Waals surface area contributed by atoms with Gasteiger partial charge < -0.3 is 16.0 Å². The van der Waals surface area contributed by atoms with Crippen LogP contribution < -0.4 is 10.6 Å². The van der Waals surface area contributed by atoms with Crippen LogP contribution in [0.3, 0.4) is 0 Å². The van der Waals surface area contributed by atoms with Crippen molar-refractivity contribution in [2.75, 3.05) is 10.6 Å². The van der Waals surface area contributed by atoms with Gasteiger partial charge in [0.15, 0.2) is 0 Å². The van der Waals surface area contributed by atoms with E-state index < -0.39 is 0 Å². The Kier molecular flexibility index (Phi) is 7.37. The smallest absolute Gasteiger partial charge is 0.255 e. The standard InChI is InChI=1S/C27H27N5O/c1-17(2)26-22(16-29)6-5-7-24(26)27(33)32-23-9-8-21(15-28)25(14-23)30-11-10-20-12-18(3)31-19(4)13-20/h5-15,17,28,30H,1-4H3,(H,32,33)/b11-10-,28-15?. The highest BCUT2D eigenvalue weighted by Gasteiger charge is 2.18. The van der Waals surface area contributed by atoms with Crippen LogP contribution in [0.2, 0.25) is 0 Å². The molecule has 0 spiro atoms. The Labute approximate surface area is 194 Å². The predicted octanol–water partition coefficient (Wildman–Crippen LogP) is 6.03. The van der Waals surface area contributed by atoms with E-state index in [0.717, 1.165) is 22.5 Å². The van der Waals surface area contributed by atoms with E-state index in [2.05, 4.69) is 21.7 Å². The summed E-state index contributed by atoms with van der Waals surface area (Å²) in [5, 5.41) is 23.3. The number of nitriles is 1. The van der Waals surface area contributed by atoms with Crippen LogP contribution in [0.25, 0.3) is 6.08 Å². The number of aryl methyl sites for hydroxylation is 2. The lowest BCUT2D eigenvalue weighted by Gasteiger charge is -2.15. The number of benzene rings is 2. The summed E-state index contributed by atoms with van der Waals surface area (Å²) in [5.41, 5.74) is 6.61. The molecular weight excluding hydrogens is 410 g/mol. The van der Waals surface area contributed by atoms with Gasteiger partial charge in [-0.25, -0.2) is 0 Å². The summed E-state index contributed by atoms with van der Waals surface area (Å²) < 4.78 is 0. The first kappa shape index (κ1) is 23.4. The molecule has 6 heteroatoms. The Morgan fingerprint density at radius 2 is 1.85 bits per heavy atom. The number of pyridine rings is 1. The topological polar surface area (TPSA) is 102 Å². The molecule has 0 saturated heterocycles. The first-order valence-electron chi connectivity index (χ1n) is 10.7. The van der Waals surface area contributed by atoms with Crippen LogP contribution in [0.1, 0.15) is 63.8 Å². The highest BCUT2D eigenvalue weighted by molar-refractivity contribution is 6.06. The van der Waals surface area contributed by atoms with Crippen LogP contribution >= 0.6 is 0 Å². The fraction of sp³-hybridized carbons (Fsp3) is 0.185. The number of carbonyl (C=O) groups is 1. The fourth-order valence-electron chi connectivity index (χ4n) is 3.76. The van der Waals surface area contributed by atoms with E-state index in [9.17, 15) is 10.1 Å². The third kappa shape index (κ3) is 5.72. The highest BCUT2D eigenvalue weighted by atomic mass is 16.1. The SMILES string of the molecule is Cc1cc(/C=C\Nc2cc(NC(=O)c3cccc(C#N)c3C(C)C)ccc2C=N)cc(C)n1. The monoisotopic (exact) mass is 437 g/mol. The predicted molar refractivity (Wildman–Crippen MR) is 134 cm³/mol. The van der Waals surface area contributed by atoms with E-state index in [1.54, 1.807) is 42.6 Å². The molecule has 3 N–H and O–H groups in total. The number of nitrogens with zero attached hydrogens (tertiary/aromatic N) is 2. The molecule has 33 heavy (non-hydrogen) atoms. The third-order valence-electron chi connectivity index (χ3n) is 5.13. The average Bonchev–Trinajstić information content (AvgIpc) is 2.78. The van der Waals surface area contributed by atoms with E-state index in [-0.39, 0.29) is 11.8 Å². The van der Waals surface area contributed by atoms with Gasteiger partial charge in [0.2, 0.25) is 0 Å². The van der Waals surface area contributed by atoms with Gasteiger partial charge >= 0.3 is 0 Å². The molecule has 0 bridgehead atoms. The molecule has 0 fully saturated rings. The molecule has 3 aromatic rings. The fourth-order valence-corrected chi connectivity index (χ4v) is 3.76. The summed E-state index contributed by atoms with van der Waals surface area (Å²) in [6.45, 7) is 7.83. The van der Waals surface area contributed by atoms with Gasteiger partial charge in [-0.05, 0) is 79.4 Å². The van der Waals surface area contributed by atoms with Crippen LogP contribution in [0.5, 0.6) is 0 Å². The van der Waals surface area contributed by atoms with Crippen LogP contribution in [-0.4, -0.2) is 17.1 Å². The van der Waals surface area contributed by atoms with Gasteiger partial charge in [-0.2, -0.15) is 5.26 Å². The first-order valence-corrected chi connectivity index (χ1v) is 10.7. The highest BCUT2D eigenvalue weighted by Crippen LogP contribution is 2.26. The molecule has 0 atom stereocenters. The van der Waals surface area contributed by atoms with Gasteiger partial charge in [0, 0.05) is 46.3 Å². The Morgan fingerprint density at radius 1 is 1.12 bits per heavy atom. The number of amides is 1. The number of aromatic nitrogens is 1. The molecule has 2 aromatic carbocycles. The maximum absolute atomic E-state index is 13.0. The molecule has 6 nitrogen and oxygen atoms in total.